The number of halogens is 2. The minimum absolute atomic E-state index is 0.889. The van der Waals surface area contributed by atoms with E-state index in [-0.39, 0.29) is 0 Å². The van der Waals surface area contributed by atoms with Crippen LogP contribution in [0.2, 0.25) is 0 Å². The Morgan fingerprint density at radius 3 is 1.93 bits per heavy atom. The van der Waals surface area contributed by atoms with Crippen LogP contribution in [0.4, 0.5) is 0 Å². The summed E-state index contributed by atoms with van der Waals surface area (Å²) in [6, 6.07) is 0. The van der Waals surface area contributed by atoms with Crippen LogP contribution in [0.3, 0.4) is 0 Å². The Bertz CT molecular complexity index is 115. The highest BCUT2D eigenvalue weighted by molar-refractivity contribution is 9.09. The maximum Gasteiger partial charge on any atom is 0.00599 e. The lowest BCUT2D eigenvalue weighted by Crippen LogP contribution is -2.02. The Morgan fingerprint density at radius 2 is 1.40 bits per heavy atom. The zero-order valence-electron chi connectivity index (χ0n) is 10.1. The summed E-state index contributed by atoms with van der Waals surface area (Å²) in [5.74, 6) is 0.889. The van der Waals surface area contributed by atoms with E-state index in [0.717, 1.165) is 11.2 Å². The van der Waals surface area contributed by atoms with Gasteiger partial charge in [0.05, 0.1) is 0 Å². The molecule has 92 valence electrons. The molecule has 1 unspecified atom stereocenters. The van der Waals surface area contributed by atoms with Crippen molar-refractivity contribution in [2.75, 3.05) is 10.7 Å². The van der Waals surface area contributed by atoms with Gasteiger partial charge in [-0.15, -0.1) is 0 Å². The van der Waals surface area contributed by atoms with Gasteiger partial charge in [0, 0.05) is 10.7 Å². The molecule has 0 bridgehead atoms. The molecule has 0 aliphatic carbocycles. The van der Waals surface area contributed by atoms with Gasteiger partial charge in [-0.2, -0.15) is 0 Å². The largest absolute Gasteiger partial charge is 0.0928 e. The highest BCUT2D eigenvalue weighted by atomic mass is 79.9. The van der Waals surface area contributed by atoms with Gasteiger partial charge in [-0.1, -0.05) is 83.7 Å². The summed E-state index contributed by atoms with van der Waals surface area (Å²) in [7, 11) is 0. The Labute approximate surface area is 113 Å². The van der Waals surface area contributed by atoms with Crippen LogP contribution in [-0.2, 0) is 0 Å². The van der Waals surface area contributed by atoms with Crippen molar-refractivity contribution in [2.45, 2.75) is 64.7 Å². The lowest BCUT2D eigenvalue weighted by Gasteiger charge is -2.11. The van der Waals surface area contributed by atoms with Crippen LogP contribution < -0.4 is 0 Å². The molecular formula is C13H26Br2. The van der Waals surface area contributed by atoms with Gasteiger partial charge in [0.25, 0.3) is 0 Å². The molecular weight excluding hydrogens is 316 g/mol. The summed E-state index contributed by atoms with van der Waals surface area (Å²) in [6.07, 6.45) is 12.7. The molecule has 0 aromatic carbocycles. The molecule has 0 amide bonds. The first-order valence-corrected chi connectivity index (χ1v) is 8.71. The maximum atomic E-state index is 3.60. The van der Waals surface area contributed by atoms with E-state index in [0.29, 0.717) is 0 Å². The van der Waals surface area contributed by atoms with E-state index in [1.807, 2.05) is 0 Å². The summed E-state index contributed by atoms with van der Waals surface area (Å²) in [5.41, 5.74) is 0. The third-order valence-corrected chi connectivity index (χ3v) is 4.33. The number of hydrogen-bond donors (Lipinski definition) is 0. The van der Waals surface area contributed by atoms with E-state index in [2.05, 4.69) is 38.8 Å². The van der Waals surface area contributed by atoms with Gasteiger partial charge < -0.3 is 0 Å². The van der Waals surface area contributed by atoms with E-state index in [1.54, 1.807) is 0 Å². The molecule has 0 rings (SSSR count). The fourth-order valence-corrected chi connectivity index (χ4v) is 3.14. The number of unbranched alkanes of at least 4 members (excludes halogenated alkanes) is 6. The summed E-state index contributed by atoms with van der Waals surface area (Å²) in [4.78, 5) is 0. The van der Waals surface area contributed by atoms with Crippen molar-refractivity contribution >= 4 is 31.9 Å². The molecule has 0 saturated heterocycles. The monoisotopic (exact) mass is 340 g/mol. The van der Waals surface area contributed by atoms with Crippen molar-refractivity contribution in [3.8, 4) is 0 Å². The van der Waals surface area contributed by atoms with Gasteiger partial charge in [0.2, 0.25) is 0 Å². The van der Waals surface area contributed by atoms with Crippen molar-refractivity contribution in [2.24, 2.45) is 5.92 Å². The Hall–Kier alpha value is 0.960. The van der Waals surface area contributed by atoms with Crippen LogP contribution in [-0.4, -0.2) is 10.7 Å². The lowest BCUT2D eigenvalue weighted by molar-refractivity contribution is 0.482. The van der Waals surface area contributed by atoms with Crippen molar-refractivity contribution in [1.82, 2.24) is 0 Å². The molecule has 0 heterocycles. The second-order valence-electron chi connectivity index (χ2n) is 4.41. The van der Waals surface area contributed by atoms with Crippen LogP contribution in [0.25, 0.3) is 0 Å². The highest BCUT2D eigenvalue weighted by Crippen LogP contribution is 2.18. The molecule has 0 aromatic rings. The quantitative estimate of drug-likeness (QED) is 0.323. The summed E-state index contributed by atoms with van der Waals surface area (Å²) in [6.45, 7) is 2.28. The molecule has 0 radical (unpaired) electrons. The fraction of sp³-hybridized carbons (Fsp3) is 1.00. The summed E-state index contributed by atoms with van der Waals surface area (Å²) in [5, 5.41) is 2.33. The smallest absolute Gasteiger partial charge is 0.00599 e. The number of rotatable bonds is 11. The van der Waals surface area contributed by atoms with Crippen molar-refractivity contribution in [3.63, 3.8) is 0 Å². The fourth-order valence-electron chi connectivity index (χ4n) is 1.84. The van der Waals surface area contributed by atoms with Crippen LogP contribution in [0.5, 0.6) is 0 Å². The van der Waals surface area contributed by atoms with E-state index in [4.69, 9.17) is 0 Å². The standard InChI is InChI=1S/C13H26Br2/c1-2-3-4-5-6-7-8-9-13(12-15)10-11-14/h13H,2-12H2,1H3. The Morgan fingerprint density at radius 1 is 0.800 bits per heavy atom. The van der Waals surface area contributed by atoms with Gasteiger partial charge in [-0.25, -0.2) is 0 Å². The van der Waals surface area contributed by atoms with E-state index in [1.165, 1.54) is 63.1 Å². The van der Waals surface area contributed by atoms with E-state index < -0.39 is 0 Å². The van der Waals surface area contributed by atoms with Gasteiger partial charge >= 0.3 is 0 Å². The zero-order valence-corrected chi connectivity index (χ0v) is 13.3. The molecule has 0 N–H and O–H groups in total. The summed E-state index contributed by atoms with van der Waals surface area (Å²) >= 11 is 7.12. The van der Waals surface area contributed by atoms with E-state index >= 15 is 0 Å². The third kappa shape index (κ3) is 11.2. The SMILES string of the molecule is CCCCCCCCCC(CBr)CCBr. The minimum Gasteiger partial charge on any atom is -0.0928 e. The number of hydrogen-bond acceptors (Lipinski definition) is 0. The normalized spacial score (nSPS) is 13.0. The first-order valence-electron chi connectivity index (χ1n) is 6.47. The molecule has 0 fully saturated rings. The molecule has 0 nitrogen and oxygen atoms in total. The molecule has 0 spiro atoms. The van der Waals surface area contributed by atoms with Crippen LogP contribution in [0, 0.1) is 5.92 Å². The second-order valence-corrected chi connectivity index (χ2v) is 5.85. The van der Waals surface area contributed by atoms with Crippen molar-refractivity contribution in [3.05, 3.63) is 0 Å². The molecule has 0 saturated carbocycles. The molecule has 0 aromatic heterocycles. The Balaban J connectivity index is 3.14. The third-order valence-electron chi connectivity index (χ3n) is 2.95. The molecule has 2 heteroatoms. The first-order chi connectivity index (χ1) is 7.35. The lowest BCUT2D eigenvalue weighted by atomic mass is 10.00. The summed E-state index contributed by atoms with van der Waals surface area (Å²) < 4.78 is 0. The van der Waals surface area contributed by atoms with Gasteiger partial charge in [-0.05, 0) is 18.8 Å². The van der Waals surface area contributed by atoms with Crippen LogP contribution in [0.15, 0.2) is 0 Å². The average molecular weight is 342 g/mol. The topological polar surface area (TPSA) is 0 Å². The number of alkyl halides is 2. The minimum atomic E-state index is 0.889. The molecule has 1 atom stereocenters. The Kier molecular flexibility index (Phi) is 13.9. The zero-order chi connectivity index (χ0) is 11.4. The van der Waals surface area contributed by atoms with Crippen LogP contribution >= 0.6 is 31.9 Å². The van der Waals surface area contributed by atoms with Gasteiger partial charge in [0.15, 0.2) is 0 Å². The predicted octanol–water partition coefficient (Wildman–Crippen LogP) is 5.92. The molecule has 15 heavy (non-hydrogen) atoms. The second kappa shape index (κ2) is 13.0. The predicted molar refractivity (Wildman–Crippen MR) is 78.3 cm³/mol. The maximum absolute atomic E-state index is 3.60. The highest BCUT2D eigenvalue weighted by Gasteiger charge is 2.05. The van der Waals surface area contributed by atoms with Gasteiger partial charge in [0.1, 0.15) is 0 Å². The van der Waals surface area contributed by atoms with Crippen molar-refractivity contribution in [1.29, 1.82) is 0 Å². The average Bonchev–Trinajstić information content (AvgIpc) is 2.26. The first kappa shape index (κ1) is 16.0. The van der Waals surface area contributed by atoms with Gasteiger partial charge in [-0.3, -0.25) is 0 Å². The molecule has 0 aliphatic heterocycles. The van der Waals surface area contributed by atoms with Crippen molar-refractivity contribution < 1.29 is 0 Å². The van der Waals surface area contributed by atoms with E-state index in [9.17, 15) is 0 Å². The molecule has 0 aliphatic rings. The van der Waals surface area contributed by atoms with Crippen LogP contribution in [0.1, 0.15) is 64.7 Å².